The summed E-state index contributed by atoms with van der Waals surface area (Å²) in [4.78, 5) is 35.7. The number of hydrogen-bond donors (Lipinski definition) is 1. The molecule has 23 heavy (non-hydrogen) atoms. The highest BCUT2D eigenvalue weighted by molar-refractivity contribution is 5.98. The van der Waals surface area contributed by atoms with Crippen molar-refractivity contribution in [1.29, 1.82) is 0 Å². The van der Waals surface area contributed by atoms with Crippen LogP contribution in [0.4, 0.5) is 5.69 Å². The van der Waals surface area contributed by atoms with Gasteiger partial charge in [0, 0.05) is 19.2 Å². The molecule has 0 radical (unpaired) electrons. The summed E-state index contributed by atoms with van der Waals surface area (Å²) >= 11 is 0. The molecule has 1 aliphatic rings. The number of carbonyl (C=O) groups is 2. The third kappa shape index (κ3) is 3.41. The van der Waals surface area contributed by atoms with Crippen molar-refractivity contribution in [2.45, 2.75) is 13.3 Å². The molecule has 2 unspecified atom stereocenters. The lowest BCUT2D eigenvalue weighted by Crippen LogP contribution is -2.45. The van der Waals surface area contributed by atoms with Gasteiger partial charge in [-0.2, -0.15) is 0 Å². The normalized spacial score (nSPS) is 20.9. The van der Waals surface area contributed by atoms with Crippen molar-refractivity contribution in [2.75, 3.05) is 20.2 Å². The van der Waals surface area contributed by atoms with E-state index in [-0.39, 0.29) is 30.3 Å². The number of amides is 1. The second-order valence-electron chi connectivity index (χ2n) is 5.60. The SMILES string of the molecule is COc1ccc([N+](=O)[O-])c(C(=O)N2CCC(C(=O)O)C(C)C2)c1. The molecule has 0 aliphatic carbocycles. The van der Waals surface area contributed by atoms with Crippen LogP contribution in [0.25, 0.3) is 0 Å². The van der Waals surface area contributed by atoms with Crippen LogP contribution >= 0.6 is 0 Å². The van der Waals surface area contributed by atoms with E-state index in [1.807, 2.05) is 0 Å². The highest BCUT2D eigenvalue weighted by Crippen LogP contribution is 2.29. The molecule has 1 saturated heterocycles. The van der Waals surface area contributed by atoms with E-state index in [4.69, 9.17) is 9.84 Å². The molecule has 1 fully saturated rings. The summed E-state index contributed by atoms with van der Waals surface area (Å²) in [6.07, 6.45) is 0.333. The topological polar surface area (TPSA) is 110 Å². The van der Waals surface area contributed by atoms with E-state index in [1.54, 1.807) is 6.92 Å². The maximum absolute atomic E-state index is 12.6. The van der Waals surface area contributed by atoms with Crippen LogP contribution in [-0.4, -0.2) is 47.0 Å². The summed E-state index contributed by atoms with van der Waals surface area (Å²) in [5.41, 5.74) is -0.334. The summed E-state index contributed by atoms with van der Waals surface area (Å²) in [6, 6.07) is 4.00. The second kappa shape index (κ2) is 6.64. The number of benzene rings is 1. The summed E-state index contributed by atoms with van der Waals surface area (Å²) in [7, 11) is 1.41. The zero-order valence-corrected chi connectivity index (χ0v) is 12.9. The van der Waals surface area contributed by atoms with Gasteiger partial charge in [0.2, 0.25) is 0 Å². The number of nitro groups is 1. The molecule has 1 heterocycles. The molecule has 1 aliphatic heterocycles. The van der Waals surface area contributed by atoms with Gasteiger partial charge in [-0.05, 0) is 24.5 Å². The number of rotatable bonds is 4. The lowest BCUT2D eigenvalue weighted by Gasteiger charge is -2.34. The highest BCUT2D eigenvalue weighted by atomic mass is 16.6. The van der Waals surface area contributed by atoms with Crippen molar-refractivity contribution in [3.8, 4) is 5.75 Å². The molecule has 0 aromatic heterocycles. The van der Waals surface area contributed by atoms with Crippen molar-refractivity contribution in [3.05, 3.63) is 33.9 Å². The first-order chi connectivity index (χ1) is 10.8. The van der Waals surface area contributed by atoms with E-state index in [0.29, 0.717) is 12.2 Å². The fourth-order valence-corrected chi connectivity index (χ4v) is 2.84. The molecule has 1 amide bonds. The van der Waals surface area contributed by atoms with Crippen LogP contribution in [-0.2, 0) is 4.79 Å². The Morgan fingerprint density at radius 3 is 2.65 bits per heavy atom. The van der Waals surface area contributed by atoms with Gasteiger partial charge < -0.3 is 14.7 Å². The summed E-state index contributed by atoms with van der Waals surface area (Å²) in [6.45, 7) is 2.27. The molecule has 8 heteroatoms. The fraction of sp³-hybridized carbons (Fsp3) is 0.467. The van der Waals surface area contributed by atoms with Crippen molar-refractivity contribution in [3.63, 3.8) is 0 Å². The monoisotopic (exact) mass is 322 g/mol. The zero-order chi connectivity index (χ0) is 17.1. The van der Waals surface area contributed by atoms with E-state index in [9.17, 15) is 19.7 Å². The maximum atomic E-state index is 12.6. The smallest absolute Gasteiger partial charge is 0.306 e. The third-order valence-electron chi connectivity index (χ3n) is 4.14. The molecule has 124 valence electrons. The number of hydrogen-bond acceptors (Lipinski definition) is 5. The van der Waals surface area contributed by atoms with Crippen LogP contribution in [0.1, 0.15) is 23.7 Å². The van der Waals surface area contributed by atoms with Crippen LogP contribution in [0.15, 0.2) is 18.2 Å². The highest BCUT2D eigenvalue weighted by Gasteiger charge is 2.35. The van der Waals surface area contributed by atoms with E-state index in [2.05, 4.69) is 0 Å². The largest absolute Gasteiger partial charge is 0.497 e. The van der Waals surface area contributed by atoms with E-state index in [1.165, 1.54) is 30.2 Å². The van der Waals surface area contributed by atoms with Crippen LogP contribution in [0.5, 0.6) is 5.75 Å². The number of nitro benzene ring substituents is 1. The molecule has 1 N–H and O–H groups in total. The molecule has 2 atom stereocenters. The Bertz CT molecular complexity index is 645. The Labute approximate surface area is 132 Å². The maximum Gasteiger partial charge on any atom is 0.306 e. The average Bonchev–Trinajstić information content (AvgIpc) is 2.52. The van der Waals surface area contributed by atoms with Gasteiger partial charge in [-0.15, -0.1) is 0 Å². The van der Waals surface area contributed by atoms with E-state index in [0.717, 1.165) is 0 Å². The van der Waals surface area contributed by atoms with Crippen LogP contribution in [0.2, 0.25) is 0 Å². The number of carbonyl (C=O) groups excluding carboxylic acids is 1. The average molecular weight is 322 g/mol. The van der Waals surface area contributed by atoms with Gasteiger partial charge in [0.1, 0.15) is 11.3 Å². The number of likely N-dealkylation sites (tertiary alicyclic amines) is 1. The lowest BCUT2D eigenvalue weighted by molar-refractivity contribution is -0.385. The quantitative estimate of drug-likeness (QED) is 0.668. The molecular formula is C15H18N2O6. The molecule has 0 bridgehead atoms. The number of carboxylic acid groups (broad SMARTS) is 1. The second-order valence-corrected chi connectivity index (χ2v) is 5.60. The Kier molecular flexibility index (Phi) is 4.83. The molecule has 0 saturated carbocycles. The fourth-order valence-electron chi connectivity index (χ4n) is 2.84. The lowest BCUT2D eigenvalue weighted by atomic mass is 9.86. The van der Waals surface area contributed by atoms with E-state index < -0.39 is 22.7 Å². The van der Waals surface area contributed by atoms with Gasteiger partial charge in [-0.1, -0.05) is 6.92 Å². The van der Waals surface area contributed by atoms with Crippen molar-refractivity contribution < 1.29 is 24.4 Å². The number of nitrogens with zero attached hydrogens (tertiary/aromatic N) is 2. The summed E-state index contributed by atoms with van der Waals surface area (Å²) < 4.78 is 5.03. The molecule has 0 spiro atoms. The molecule has 1 aromatic carbocycles. The number of aliphatic carboxylic acids is 1. The van der Waals surface area contributed by atoms with Crippen molar-refractivity contribution in [1.82, 2.24) is 4.90 Å². The molecule has 8 nitrogen and oxygen atoms in total. The Balaban J connectivity index is 2.27. The number of carboxylic acids is 1. The predicted octanol–water partition coefficient (Wildman–Crippen LogP) is 1.79. The minimum Gasteiger partial charge on any atom is -0.497 e. The number of ether oxygens (including phenoxy) is 1. The van der Waals surface area contributed by atoms with Gasteiger partial charge in [0.15, 0.2) is 0 Å². The van der Waals surface area contributed by atoms with Crippen LogP contribution < -0.4 is 4.74 Å². The summed E-state index contributed by atoms with van der Waals surface area (Å²) in [5, 5.41) is 20.3. The van der Waals surface area contributed by atoms with Crippen LogP contribution in [0, 0.1) is 22.0 Å². The minimum absolute atomic E-state index is 0.0460. The van der Waals surface area contributed by atoms with Gasteiger partial charge in [0.05, 0.1) is 18.0 Å². The Hall–Kier alpha value is -2.64. The Morgan fingerprint density at radius 2 is 2.13 bits per heavy atom. The summed E-state index contributed by atoms with van der Waals surface area (Å²) in [5.74, 6) is -1.72. The number of piperidine rings is 1. The van der Waals surface area contributed by atoms with Gasteiger partial charge in [-0.25, -0.2) is 0 Å². The molecular weight excluding hydrogens is 304 g/mol. The molecule has 2 rings (SSSR count). The van der Waals surface area contributed by atoms with Gasteiger partial charge in [0.25, 0.3) is 11.6 Å². The predicted molar refractivity (Wildman–Crippen MR) is 80.5 cm³/mol. The van der Waals surface area contributed by atoms with Gasteiger partial charge >= 0.3 is 5.97 Å². The minimum atomic E-state index is -0.878. The first kappa shape index (κ1) is 16.7. The van der Waals surface area contributed by atoms with Crippen molar-refractivity contribution in [2.24, 2.45) is 11.8 Å². The first-order valence-electron chi connectivity index (χ1n) is 7.19. The molecule has 1 aromatic rings. The van der Waals surface area contributed by atoms with E-state index >= 15 is 0 Å². The van der Waals surface area contributed by atoms with Crippen LogP contribution in [0.3, 0.4) is 0 Å². The van der Waals surface area contributed by atoms with Crippen molar-refractivity contribution >= 4 is 17.6 Å². The third-order valence-corrected chi connectivity index (χ3v) is 4.14. The standard InChI is InChI=1S/C15H18N2O6/c1-9-8-16(6-5-11(9)15(19)20)14(18)12-7-10(23-2)3-4-13(12)17(21)22/h3-4,7,9,11H,5-6,8H2,1-2H3,(H,19,20). The van der Waals surface area contributed by atoms with Gasteiger partial charge in [-0.3, -0.25) is 19.7 Å². The number of methoxy groups -OCH3 is 1. The Morgan fingerprint density at radius 1 is 1.43 bits per heavy atom. The first-order valence-corrected chi connectivity index (χ1v) is 7.19. The zero-order valence-electron chi connectivity index (χ0n) is 12.9.